The molecule has 3 rings (SSSR count). The molecule has 1 fully saturated rings. The topological polar surface area (TPSA) is 94.2 Å². The van der Waals surface area contributed by atoms with Gasteiger partial charge in [-0.05, 0) is 30.3 Å². The highest BCUT2D eigenvalue weighted by atomic mass is 35.5. The molecule has 158 valence electrons. The van der Waals surface area contributed by atoms with E-state index < -0.39 is 24.4 Å². The van der Waals surface area contributed by atoms with Crippen molar-refractivity contribution >= 4 is 40.8 Å². The maximum atomic E-state index is 12.3. The molecule has 1 aliphatic heterocycles. The van der Waals surface area contributed by atoms with Crippen LogP contribution in [-0.4, -0.2) is 45.2 Å². The third-order valence-corrected chi connectivity index (χ3v) is 4.84. The second kappa shape index (κ2) is 9.49. The lowest BCUT2D eigenvalue weighted by atomic mass is 10.1. The lowest BCUT2D eigenvalue weighted by Gasteiger charge is -2.16. The molecule has 30 heavy (non-hydrogen) atoms. The van der Waals surface area contributed by atoms with Crippen LogP contribution in [-0.2, 0) is 19.1 Å². The van der Waals surface area contributed by atoms with Crippen LogP contribution in [0, 0.1) is 5.92 Å². The van der Waals surface area contributed by atoms with Gasteiger partial charge in [-0.25, -0.2) is 0 Å². The van der Waals surface area contributed by atoms with Crippen LogP contribution in [0.2, 0.25) is 5.02 Å². The van der Waals surface area contributed by atoms with Crippen molar-refractivity contribution < 1.29 is 28.6 Å². The SMILES string of the molecule is COc1ccc(NC(=O)COC(=O)[C@@H]2CC(=O)N(c3cccc(Cl)c3)C2)c(OC)c1. The summed E-state index contributed by atoms with van der Waals surface area (Å²) in [4.78, 5) is 38.3. The first-order valence-electron chi connectivity index (χ1n) is 9.15. The molecule has 1 heterocycles. The molecule has 0 aromatic heterocycles. The summed E-state index contributed by atoms with van der Waals surface area (Å²) in [6, 6.07) is 11.7. The van der Waals surface area contributed by atoms with E-state index in [-0.39, 0.29) is 18.9 Å². The summed E-state index contributed by atoms with van der Waals surface area (Å²) in [6.07, 6.45) is 0.0132. The molecular formula is C21H21ClN2O6. The van der Waals surface area contributed by atoms with E-state index in [0.717, 1.165) is 0 Å². The van der Waals surface area contributed by atoms with E-state index in [1.54, 1.807) is 42.5 Å². The number of amides is 2. The number of carbonyl (C=O) groups is 3. The normalized spacial score (nSPS) is 15.6. The third kappa shape index (κ3) is 5.01. The molecule has 0 unspecified atom stereocenters. The van der Waals surface area contributed by atoms with E-state index in [0.29, 0.717) is 27.9 Å². The first-order chi connectivity index (χ1) is 14.4. The zero-order valence-corrected chi connectivity index (χ0v) is 17.3. The van der Waals surface area contributed by atoms with Gasteiger partial charge in [0.05, 0.1) is 25.8 Å². The first kappa shape index (κ1) is 21.4. The average Bonchev–Trinajstić information content (AvgIpc) is 3.14. The number of rotatable bonds is 7. The van der Waals surface area contributed by atoms with Gasteiger partial charge in [0, 0.05) is 29.7 Å². The highest BCUT2D eigenvalue weighted by Crippen LogP contribution is 2.29. The minimum Gasteiger partial charge on any atom is -0.497 e. The van der Waals surface area contributed by atoms with Crippen LogP contribution in [0.15, 0.2) is 42.5 Å². The Kier molecular flexibility index (Phi) is 6.79. The van der Waals surface area contributed by atoms with Gasteiger partial charge in [-0.1, -0.05) is 17.7 Å². The van der Waals surface area contributed by atoms with Gasteiger partial charge in [-0.15, -0.1) is 0 Å². The van der Waals surface area contributed by atoms with E-state index in [1.807, 2.05) is 0 Å². The van der Waals surface area contributed by atoms with Gasteiger partial charge in [0.2, 0.25) is 5.91 Å². The predicted molar refractivity (Wildman–Crippen MR) is 111 cm³/mol. The molecule has 0 spiro atoms. The fourth-order valence-electron chi connectivity index (χ4n) is 3.10. The second-order valence-corrected chi connectivity index (χ2v) is 7.04. The summed E-state index contributed by atoms with van der Waals surface area (Å²) in [7, 11) is 2.99. The Morgan fingerprint density at radius 1 is 1.17 bits per heavy atom. The van der Waals surface area contributed by atoms with Crippen LogP contribution in [0.3, 0.4) is 0 Å². The van der Waals surface area contributed by atoms with Crippen molar-refractivity contribution in [1.29, 1.82) is 0 Å². The average molecular weight is 433 g/mol. The van der Waals surface area contributed by atoms with Crippen molar-refractivity contribution in [2.24, 2.45) is 5.92 Å². The molecule has 0 saturated carbocycles. The quantitative estimate of drug-likeness (QED) is 0.676. The third-order valence-electron chi connectivity index (χ3n) is 4.61. The van der Waals surface area contributed by atoms with Crippen LogP contribution < -0.4 is 19.7 Å². The molecule has 2 aromatic rings. The summed E-state index contributed by atoms with van der Waals surface area (Å²) in [6.45, 7) is -0.304. The maximum absolute atomic E-state index is 12.3. The number of nitrogens with zero attached hydrogens (tertiary/aromatic N) is 1. The lowest BCUT2D eigenvalue weighted by Crippen LogP contribution is -2.28. The number of anilines is 2. The van der Waals surface area contributed by atoms with Gasteiger partial charge < -0.3 is 24.4 Å². The van der Waals surface area contributed by atoms with Crippen LogP contribution in [0.4, 0.5) is 11.4 Å². The van der Waals surface area contributed by atoms with Crippen molar-refractivity contribution in [2.45, 2.75) is 6.42 Å². The van der Waals surface area contributed by atoms with Gasteiger partial charge >= 0.3 is 5.97 Å². The molecular weight excluding hydrogens is 412 g/mol. The molecule has 0 radical (unpaired) electrons. The number of benzene rings is 2. The number of halogens is 1. The zero-order valence-electron chi connectivity index (χ0n) is 16.5. The fraction of sp³-hybridized carbons (Fsp3) is 0.286. The fourth-order valence-corrected chi connectivity index (χ4v) is 3.29. The molecule has 0 bridgehead atoms. The smallest absolute Gasteiger partial charge is 0.311 e. The Bertz CT molecular complexity index is 964. The molecule has 1 N–H and O–H groups in total. The highest BCUT2D eigenvalue weighted by Gasteiger charge is 2.36. The van der Waals surface area contributed by atoms with E-state index in [1.165, 1.54) is 19.1 Å². The molecule has 2 aromatic carbocycles. The van der Waals surface area contributed by atoms with E-state index >= 15 is 0 Å². The van der Waals surface area contributed by atoms with Crippen LogP contribution in [0.1, 0.15) is 6.42 Å². The Balaban J connectivity index is 1.54. The summed E-state index contributed by atoms with van der Waals surface area (Å²) < 4.78 is 15.4. The van der Waals surface area contributed by atoms with Crippen molar-refractivity contribution in [3.05, 3.63) is 47.5 Å². The number of hydrogen-bond acceptors (Lipinski definition) is 6. The Morgan fingerprint density at radius 2 is 1.97 bits per heavy atom. The Hall–Kier alpha value is -3.26. The minimum absolute atomic E-state index is 0.0132. The molecule has 9 heteroatoms. The molecule has 8 nitrogen and oxygen atoms in total. The van der Waals surface area contributed by atoms with E-state index in [9.17, 15) is 14.4 Å². The van der Waals surface area contributed by atoms with Gasteiger partial charge in [-0.2, -0.15) is 0 Å². The zero-order chi connectivity index (χ0) is 21.7. The van der Waals surface area contributed by atoms with Crippen LogP contribution in [0.25, 0.3) is 0 Å². The Morgan fingerprint density at radius 3 is 2.67 bits per heavy atom. The van der Waals surface area contributed by atoms with Gasteiger partial charge in [0.25, 0.3) is 5.91 Å². The van der Waals surface area contributed by atoms with Crippen molar-refractivity contribution in [1.82, 2.24) is 0 Å². The lowest BCUT2D eigenvalue weighted by molar-refractivity contribution is -0.151. The standard InChI is InChI=1S/C21H21ClN2O6/c1-28-16-6-7-17(18(10-16)29-2)23-19(25)12-30-21(27)13-8-20(26)24(11-13)15-5-3-4-14(22)9-15/h3-7,9-10,13H,8,11-12H2,1-2H3,(H,23,25)/t13-/m1/s1. The molecule has 1 atom stereocenters. The number of hydrogen-bond donors (Lipinski definition) is 1. The summed E-state index contributed by atoms with van der Waals surface area (Å²) in [5.41, 5.74) is 1.04. The number of methoxy groups -OCH3 is 2. The monoisotopic (exact) mass is 432 g/mol. The first-order valence-corrected chi connectivity index (χ1v) is 9.53. The van der Waals surface area contributed by atoms with Crippen molar-refractivity contribution in [3.63, 3.8) is 0 Å². The maximum Gasteiger partial charge on any atom is 0.311 e. The Labute approximate surface area is 178 Å². The van der Waals surface area contributed by atoms with Gasteiger partial charge in [0.1, 0.15) is 11.5 Å². The summed E-state index contributed by atoms with van der Waals surface area (Å²) in [5.74, 6) is -1.00. The number of ether oxygens (including phenoxy) is 3. The molecule has 1 aliphatic rings. The molecule has 1 saturated heterocycles. The van der Waals surface area contributed by atoms with Crippen molar-refractivity contribution in [3.8, 4) is 11.5 Å². The van der Waals surface area contributed by atoms with Gasteiger partial charge in [0.15, 0.2) is 6.61 Å². The predicted octanol–water partition coefficient (Wildman–Crippen LogP) is 2.89. The molecule has 2 amide bonds. The van der Waals surface area contributed by atoms with E-state index in [2.05, 4.69) is 5.32 Å². The molecule has 0 aliphatic carbocycles. The summed E-state index contributed by atoms with van der Waals surface area (Å²) >= 11 is 5.97. The second-order valence-electron chi connectivity index (χ2n) is 6.61. The minimum atomic E-state index is -0.653. The number of carbonyl (C=O) groups excluding carboxylic acids is 3. The van der Waals surface area contributed by atoms with Gasteiger partial charge in [-0.3, -0.25) is 14.4 Å². The number of esters is 1. The highest BCUT2D eigenvalue weighted by molar-refractivity contribution is 6.31. The largest absolute Gasteiger partial charge is 0.497 e. The van der Waals surface area contributed by atoms with Crippen LogP contribution in [0.5, 0.6) is 11.5 Å². The van der Waals surface area contributed by atoms with E-state index in [4.69, 9.17) is 25.8 Å². The van der Waals surface area contributed by atoms with Crippen LogP contribution >= 0.6 is 11.6 Å². The summed E-state index contributed by atoms with van der Waals surface area (Å²) in [5, 5.41) is 3.12. The van der Waals surface area contributed by atoms with Crippen molar-refractivity contribution in [2.75, 3.05) is 37.6 Å². The number of nitrogens with one attached hydrogen (secondary N) is 1.